The van der Waals surface area contributed by atoms with Gasteiger partial charge >= 0.3 is 0 Å². The molecule has 0 bridgehead atoms. The van der Waals surface area contributed by atoms with Crippen LogP contribution in [-0.4, -0.2) is 59.0 Å². The lowest BCUT2D eigenvalue weighted by atomic mass is 10.3. The SMILES string of the molecule is CCOc1ccc(NC(=O)c2nc(C(=O)N3CCOCC3)c3ccccn23)cc1. The lowest BCUT2D eigenvalue weighted by molar-refractivity contribution is 0.0300. The molecule has 3 aromatic rings. The first-order chi connectivity index (χ1) is 14.2. The number of ether oxygens (including phenoxy) is 2. The van der Waals surface area contributed by atoms with Crippen LogP contribution in [0.25, 0.3) is 5.52 Å². The highest BCUT2D eigenvalue weighted by Gasteiger charge is 2.26. The van der Waals surface area contributed by atoms with Crippen molar-refractivity contribution in [1.82, 2.24) is 14.3 Å². The van der Waals surface area contributed by atoms with Crippen LogP contribution in [0.5, 0.6) is 5.75 Å². The number of carbonyl (C=O) groups is 2. The van der Waals surface area contributed by atoms with Crippen molar-refractivity contribution in [1.29, 1.82) is 0 Å². The first-order valence-corrected chi connectivity index (χ1v) is 9.55. The largest absolute Gasteiger partial charge is 0.494 e. The maximum Gasteiger partial charge on any atom is 0.292 e. The monoisotopic (exact) mass is 394 g/mol. The molecule has 1 aliphatic heterocycles. The predicted octanol–water partition coefficient (Wildman–Crippen LogP) is 2.46. The van der Waals surface area contributed by atoms with Crippen LogP contribution in [-0.2, 0) is 4.74 Å². The van der Waals surface area contributed by atoms with Gasteiger partial charge in [0.2, 0.25) is 5.82 Å². The second kappa shape index (κ2) is 8.32. The molecule has 1 aliphatic rings. The van der Waals surface area contributed by atoms with E-state index in [1.165, 1.54) is 0 Å². The number of hydrogen-bond acceptors (Lipinski definition) is 5. The molecule has 1 saturated heterocycles. The summed E-state index contributed by atoms with van der Waals surface area (Å²) in [7, 11) is 0. The van der Waals surface area contributed by atoms with Gasteiger partial charge in [0.1, 0.15) is 5.75 Å². The molecule has 0 spiro atoms. The van der Waals surface area contributed by atoms with Gasteiger partial charge < -0.3 is 19.7 Å². The Kier molecular flexibility index (Phi) is 5.44. The molecule has 150 valence electrons. The number of anilines is 1. The standard InChI is InChI=1S/C21H22N4O4/c1-2-29-16-8-6-15(7-9-16)22-20(26)19-23-18(17-5-3-4-10-25(17)19)21(27)24-11-13-28-14-12-24/h3-10H,2,11-14H2,1H3,(H,22,26). The van der Waals surface area contributed by atoms with E-state index in [-0.39, 0.29) is 17.4 Å². The minimum Gasteiger partial charge on any atom is -0.494 e. The summed E-state index contributed by atoms with van der Waals surface area (Å²) in [6, 6.07) is 12.5. The number of nitrogens with zero attached hydrogens (tertiary/aromatic N) is 3. The number of nitrogens with one attached hydrogen (secondary N) is 1. The lowest BCUT2D eigenvalue weighted by Crippen LogP contribution is -2.40. The molecule has 2 amide bonds. The molecule has 4 rings (SSSR count). The summed E-state index contributed by atoms with van der Waals surface area (Å²) in [6.45, 7) is 4.52. The average Bonchev–Trinajstić information content (AvgIpc) is 3.15. The molecule has 0 saturated carbocycles. The fourth-order valence-electron chi connectivity index (χ4n) is 3.26. The molecule has 29 heavy (non-hydrogen) atoms. The van der Waals surface area contributed by atoms with E-state index in [1.54, 1.807) is 51.9 Å². The molecule has 1 N–H and O–H groups in total. The average molecular weight is 394 g/mol. The van der Waals surface area contributed by atoms with Gasteiger partial charge in [0.25, 0.3) is 11.8 Å². The van der Waals surface area contributed by atoms with Crippen molar-refractivity contribution in [2.45, 2.75) is 6.92 Å². The molecule has 8 heteroatoms. The number of hydrogen-bond donors (Lipinski definition) is 1. The summed E-state index contributed by atoms with van der Waals surface area (Å²) >= 11 is 0. The van der Waals surface area contributed by atoms with Crippen molar-refractivity contribution in [2.24, 2.45) is 0 Å². The Balaban J connectivity index is 1.61. The molecule has 0 atom stereocenters. The van der Waals surface area contributed by atoms with Crippen LogP contribution in [0, 0.1) is 0 Å². The topological polar surface area (TPSA) is 85.2 Å². The van der Waals surface area contributed by atoms with Crippen LogP contribution >= 0.6 is 0 Å². The Morgan fingerprint density at radius 1 is 1.14 bits per heavy atom. The van der Waals surface area contributed by atoms with Gasteiger partial charge in [-0.3, -0.25) is 14.0 Å². The summed E-state index contributed by atoms with van der Waals surface area (Å²) in [5.74, 6) is 0.301. The van der Waals surface area contributed by atoms with E-state index in [0.717, 1.165) is 5.75 Å². The number of pyridine rings is 1. The van der Waals surface area contributed by atoms with Gasteiger partial charge in [0.05, 0.1) is 25.3 Å². The number of morpholine rings is 1. The van der Waals surface area contributed by atoms with Crippen molar-refractivity contribution in [3.05, 3.63) is 60.2 Å². The van der Waals surface area contributed by atoms with E-state index >= 15 is 0 Å². The number of benzene rings is 1. The molecular formula is C21H22N4O4. The molecule has 0 aliphatic carbocycles. The van der Waals surface area contributed by atoms with E-state index in [4.69, 9.17) is 9.47 Å². The Bertz CT molecular complexity index is 1020. The molecular weight excluding hydrogens is 372 g/mol. The van der Waals surface area contributed by atoms with E-state index in [2.05, 4.69) is 10.3 Å². The van der Waals surface area contributed by atoms with E-state index in [1.807, 2.05) is 13.0 Å². The van der Waals surface area contributed by atoms with Crippen LogP contribution in [0.1, 0.15) is 28.0 Å². The molecule has 8 nitrogen and oxygen atoms in total. The third-order valence-electron chi connectivity index (χ3n) is 4.68. The van der Waals surface area contributed by atoms with Crippen molar-refractivity contribution >= 4 is 23.0 Å². The Morgan fingerprint density at radius 2 is 1.90 bits per heavy atom. The maximum absolute atomic E-state index is 13.0. The van der Waals surface area contributed by atoms with Crippen LogP contribution in [0.2, 0.25) is 0 Å². The van der Waals surface area contributed by atoms with Gasteiger partial charge in [-0.05, 0) is 43.3 Å². The van der Waals surface area contributed by atoms with Gasteiger partial charge in [-0.1, -0.05) is 6.07 Å². The summed E-state index contributed by atoms with van der Waals surface area (Å²) in [4.78, 5) is 31.9. The number of rotatable bonds is 5. The lowest BCUT2D eigenvalue weighted by Gasteiger charge is -2.26. The zero-order valence-corrected chi connectivity index (χ0v) is 16.1. The summed E-state index contributed by atoms with van der Waals surface area (Å²) < 4.78 is 12.4. The Morgan fingerprint density at radius 3 is 2.62 bits per heavy atom. The van der Waals surface area contributed by atoms with Gasteiger partial charge in [-0.25, -0.2) is 4.98 Å². The van der Waals surface area contributed by atoms with Crippen LogP contribution in [0.3, 0.4) is 0 Å². The van der Waals surface area contributed by atoms with Gasteiger partial charge in [-0.2, -0.15) is 0 Å². The van der Waals surface area contributed by atoms with Crippen molar-refractivity contribution < 1.29 is 19.1 Å². The van der Waals surface area contributed by atoms with Crippen molar-refractivity contribution in [2.75, 3.05) is 38.2 Å². The third-order valence-corrected chi connectivity index (χ3v) is 4.68. The number of carbonyl (C=O) groups excluding carboxylic acids is 2. The maximum atomic E-state index is 13.0. The minimum absolute atomic E-state index is 0.158. The molecule has 0 unspecified atom stereocenters. The van der Waals surface area contributed by atoms with Crippen LogP contribution < -0.4 is 10.1 Å². The van der Waals surface area contributed by atoms with E-state index in [9.17, 15) is 9.59 Å². The summed E-state index contributed by atoms with van der Waals surface area (Å²) in [5, 5.41) is 2.83. The Labute approximate surface area is 168 Å². The van der Waals surface area contributed by atoms with Crippen molar-refractivity contribution in [3.63, 3.8) is 0 Å². The highest BCUT2D eigenvalue weighted by atomic mass is 16.5. The second-order valence-electron chi connectivity index (χ2n) is 6.56. The molecule has 3 heterocycles. The van der Waals surface area contributed by atoms with Crippen molar-refractivity contribution in [3.8, 4) is 5.75 Å². The molecule has 1 fully saturated rings. The first kappa shape index (κ1) is 18.9. The zero-order valence-electron chi connectivity index (χ0n) is 16.1. The highest BCUT2D eigenvalue weighted by molar-refractivity contribution is 6.06. The fourth-order valence-corrected chi connectivity index (χ4v) is 3.26. The molecule has 0 radical (unpaired) electrons. The Hall–Kier alpha value is -3.39. The normalized spacial score (nSPS) is 14.0. The highest BCUT2D eigenvalue weighted by Crippen LogP contribution is 2.19. The van der Waals surface area contributed by atoms with Gasteiger partial charge in [-0.15, -0.1) is 0 Å². The van der Waals surface area contributed by atoms with Crippen LogP contribution in [0.15, 0.2) is 48.7 Å². The number of fused-ring (bicyclic) bond motifs is 1. The summed E-state index contributed by atoms with van der Waals surface area (Å²) in [5.41, 5.74) is 1.48. The first-order valence-electron chi connectivity index (χ1n) is 9.55. The van der Waals surface area contributed by atoms with Crippen LogP contribution in [0.4, 0.5) is 5.69 Å². The van der Waals surface area contributed by atoms with Gasteiger partial charge in [0, 0.05) is 25.0 Å². The zero-order chi connectivity index (χ0) is 20.2. The molecule has 1 aromatic carbocycles. The second-order valence-corrected chi connectivity index (χ2v) is 6.56. The summed E-state index contributed by atoms with van der Waals surface area (Å²) in [6.07, 6.45) is 1.73. The fraction of sp³-hybridized carbons (Fsp3) is 0.286. The van der Waals surface area contributed by atoms with E-state index < -0.39 is 5.91 Å². The molecule has 2 aromatic heterocycles. The van der Waals surface area contributed by atoms with Gasteiger partial charge in [0.15, 0.2) is 5.69 Å². The predicted molar refractivity (Wildman–Crippen MR) is 107 cm³/mol. The number of aromatic nitrogens is 2. The quantitative estimate of drug-likeness (QED) is 0.719. The minimum atomic E-state index is -0.392. The smallest absolute Gasteiger partial charge is 0.292 e. The number of imidazole rings is 1. The van der Waals surface area contributed by atoms with E-state index in [0.29, 0.717) is 44.1 Å². The third kappa shape index (κ3) is 3.93. The number of amides is 2.